The lowest BCUT2D eigenvalue weighted by Gasteiger charge is -2.18. The number of benzene rings is 1. The van der Waals surface area contributed by atoms with Crippen LogP contribution in [-0.2, 0) is 18.5 Å². The molecule has 1 aromatic heterocycles. The van der Waals surface area contributed by atoms with Gasteiger partial charge in [0.25, 0.3) is 0 Å². The summed E-state index contributed by atoms with van der Waals surface area (Å²) in [5.74, 6) is -1.06. The van der Waals surface area contributed by atoms with Gasteiger partial charge in [-0.15, -0.1) is 0 Å². The Morgan fingerprint density at radius 1 is 1.10 bits per heavy atom. The van der Waals surface area contributed by atoms with Gasteiger partial charge in [-0.1, -0.05) is 0 Å². The fourth-order valence-corrected chi connectivity index (χ4v) is 2.04. The first-order chi connectivity index (χ1) is 9.84. The van der Waals surface area contributed by atoms with Gasteiger partial charge < -0.3 is 5.32 Å². The molecule has 0 aliphatic rings. The average Bonchev–Trinajstić information content (AvgIpc) is 2.82. The van der Waals surface area contributed by atoms with Crippen molar-refractivity contribution in [3.05, 3.63) is 53.4 Å². The van der Waals surface area contributed by atoms with E-state index < -0.39 is 11.6 Å². The largest absolute Gasteiger partial charge is 0.312 e. The normalized spacial score (nSPS) is 11.9. The maximum absolute atomic E-state index is 13.0. The minimum Gasteiger partial charge on any atom is -0.312 e. The van der Waals surface area contributed by atoms with Crippen LogP contribution in [0.5, 0.6) is 0 Å². The molecule has 0 bridgehead atoms. The summed E-state index contributed by atoms with van der Waals surface area (Å²) < 4.78 is 28.0. The maximum Gasteiger partial charge on any atom is 0.126 e. The monoisotopic (exact) mass is 293 g/mol. The van der Waals surface area contributed by atoms with Crippen molar-refractivity contribution >= 4 is 0 Å². The fourth-order valence-electron chi connectivity index (χ4n) is 2.04. The molecule has 0 spiro atoms. The van der Waals surface area contributed by atoms with Crippen LogP contribution < -0.4 is 5.32 Å². The zero-order valence-electron chi connectivity index (χ0n) is 12.7. The number of nitrogens with zero attached hydrogens (tertiary/aromatic N) is 2. The Morgan fingerprint density at radius 2 is 1.76 bits per heavy atom. The van der Waals surface area contributed by atoms with Crippen molar-refractivity contribution in [2.45, 2.75) is 39.3 Å². The molecule has 21 heavy (non-hydrogen) atoms. The first-order valence-corrected chi connectivity index (χ1v) is 7.04. The van der Waals surface area contributed by atoms with Gasteiger partial charge in [0.2, 0.25) is 0 Å². The summed E-state index contributed by atoms with van der Waals surface area (Å²) in [6.45, 7) is 7.62. The van der Waals surface area contributed by atoms with Crippen LogP contribution in [0.15, 0.2) is 30.6 Å². The predicted molar refractivity (Wildman–Crippen MR) is 79.0 cm³/mol. The van der Waals surface area contributed by atoms with Gasteiger partial charge in [0.15, 0.2) is 0 Å². The van der Waals surface area contributed by atoms with Gasteiger partial charge in [-0.25, -0.2) is 8.78 Å². The molecule has 0 amide bonds. The van der Waals surface area contributed by atoms with Crippen LogP contribution in [0.1, 0.15) is 31.9 Å². The van der Waals surface area contributed by atoms with Crippen molar-refractivity contribution in [2.75, 3.05) is 6.54 Å². The molecule has 0 aliphatic carbocycles. The van der Waals surface area contributed by atoms with E-state index in [-0.39, 0.29) is 5.54 Å². The Bertz CT molecular complexity index is 580. The van der Waals surface area contributed by atoms with Crippen molar-refractivity contribution in [1.29, 1.82) is 0 Å². The van der Waals surface area contributed by atoms with Gasteiger partial charge in [-0.3, -0.25) is 4.68 Å². The Hall–Kier alpha value is -1.75. The van der Waals surface area contributed by atoms with Gasteiger partial charge in [-0.2, -0.15) is 5.10 Å². The minimum atomic E-state index is -0.531. The van der Waals surface area contributed by atoms with Crippen LogP contribution in [0.3, 0.4) is 0 Å². The van der Waals surface area contributed by atoms with E-state index in [1.807, 2.05) is 17.1 Å². The molecule has 3 nitrogen and oxygen atoms in total. The summed E-state index contributed by atoms with van der Waals surface area (Å²) in [7, 11) is 0. The highest BCUT2D eigenvalue weighted by atomic mass is 19.1. The molecule has 2 rings (SSSR count). The summed E-state index contributed by atoms with van der Waals surface area (Å²) in [6.07, 6.45) is 4.43. The number of rotatable bonds is 5. The molecule has 1 heterocycles. The Kier molecular flexibility index (Phi) is 4.73. The topological polar surface area (TPSA) is 29.9 Å². The molecule has 1 aromatic carbocycles. The second-order valence-corrected chi connectivity index (χ2v) is 6.17. The summed E-state index contributed by atoms with van der Waals surface area (Å²) >= 11 is 0. The van der Waals surface area contributed by atoms with Crippen molar-refractivity contribution in [3.8, 4) is 0 Å². The van der Waals surface area contributed by atoms with Gasteiger partial charge in [0.1, 0.15) is 11.6 Å². The number of hydrogen-bond acceptors (Lipinski definition) is 2. The predicted octanol–water partition coefficient (Wildman–Crippen LogP) is 3.25. The van der Waals surface area contributed by atoms with Crippen LogP contribution in [0.4, 0.5) is 8.78 Å². The molecular formula is C16H21F2N3. The highest BCUT2D eigenvalue weighted by molar-refractivity contribution is 5.18. The SMILES string of the molecule is CC(C)(C)n1cc(CNCCc2cc(F)cc(F)c2)cn1. The van der Waals surface area contributed by atoms with Gasteiger partial charge in [-0.05, 0) is 51.4 Å². The van der Waals surface area contributed by atoms with Crippen LogP contribution in [0.2, 0.25) is 0 Å². The third kappa shape index (κ3) is 4.63. The molecule has 0 aliphatic heterocycles. The van der Waals surface area contributed by atoms with Crippen molar-refractivity contribution in [2.24, 2.45) is 0 Å². The van der Waals surface area contributed by atoms with E-state index in [1.54, 1.807) is 0 Å². The van der Waals surface area contributed by atoms with E-state index in [1.165, 1.54) is 12.1 Å². The lowest BCUT2D eigenvalue weighted by molar-refractivity contribution is 0.355. The van der Waals surface area contributed by atoms with E-state index in [9.17, 15) is 8.78 Å². The molecule has 0 saturated carbocycles. The smallest absolute Gasteiger partial charge is 0.126 e. The molecule has 5 heteroatoms. The van der Waals surface area contributed by atoms with E-state index in [0.29, 0.717) is 25.1 Å². The third-order valence-electron chi connectivity index (χ3n) is 3.17. The number of halogens is 2. The third-order valence-corrected chi connectivity index (χ3v) is 3.17. The van der Waals surface area contributed by atoms with Crippen LogP contribution in [0, 0.1) is 11.6 Å². The maximum atomic E-state index is 13.0. The van der Waals surface area contributed by atoms with Crippen molar-refractivity contribution < 1.29 is 8.78 Å². The Morgan fingerprint density at radius 3 is 2.33 bits per heavy atom. The van der Waals surface area contributed by atoms with E-state index in [4.69, 9.17) is 0 Å². The van der Waals surface area contributed by atoms with Gasteiger partial charge >= 0.3 is 0 Å². The first-order valence-electron chi connectivity index (χ1n) is 7.04. The molecule has 0 unspecified atom stereocenters. The number of aromatic nitrogens is 2. The summed E-state index contributed by atoms with van der Waals surface area (Å²) in [5.41, 5.74) is 1.72. The van der Waals surface area contributed by atoms with Crippen LogP contribution >= 0.6 is 0 Å². The lowest BCUT2D eigenvalue weighted by Crippen LogP contribution is -2.22. The zero-order valence-corrected chi connectivity index (χ0v) is 12.7. The van der Waals surface area contributed by atoms with Crippen LogP contribution in [0.25, 0.3) is 0 Å². The Labute approximate surface area is 124 Å². The fraction of sp³-hybridized carbons (Fsp3) is 0.438. The number of hydrogen-bond donors (Lipinski definition) is 1. The second-order valence-electron chi connectivity index (χ2n) is 6.17. The summed E-state index contributed by atoms with van der Waals surface area (Å²) in [6, 6.07) is 3.61. The number of nitrogens with one attached hydrogen (secondary N) is 1. The van der Waals surface area contributed by atoms with Crippen molar-refractivity contribution in [3.63, 3.8) is 0 Å². The lowest BCUT2D eigenvalue weighted by atomic mass is 10.1. The summed E-state index contributed by atoms with van der Waals surface area (Å²) in [5, 5.41) is 7.58. The molecule has 0 radical (unpaired) electrons. The second kappa shape index (κ2) is 6.35. The standard InChI is InChI=1S/C16H21F2N3/c1-16(2,3)21-11-13(10-20-21)9-19-5-4-12-6-14(17)8-15(18)7-12/h6-8,10-11,19H,4-5,9H2,1-3H3. The van der Waals surface area contributed by atoms with Gasteiger partial charge in [0.05, 0.1) is 11.7 Å². The van der Waals surface area contributed by atoms with E-state index in [0.717, 1.165) is 11.6 Å². The molecule has 0 fully saturated rings. The molecule has 0 atom stereocenters. The molecular weight excluding hydrogens is 272 g/mol. The Balaban J connectivity index is 1.81. The summed E-state index contributed by atoms with van der Waals surface area (Å²) in [4.78, 5) is 0. The molecule has 114 valence electrons. The highest BCUT2D eigenvalue weighted by Gasteiger charge is 2.13. The first kappa shape index (κ1) is 15.6. The van der Waals surface area contributed by atoms with Crippen molar-refractivity contribution in [1.82, 2.24) is 15.1 Å². The quantitative estimate of drug-likeness (QED) is 0.858. The van der Waals surface area contributed by atoms with E-state index in [2.05, 4.69) is 31.2 Å². The highest BCUT2D eigenvalue weighted by Crippen LogP contribution is 2.13. The van der Waals surface area contributed by atoms with E-state index >= 15 is 0 Å². The average molecular weight is 293 g/mol. The van der Waals surface area contributed by atoms with Crippen LogP contribution in [-0.4, -0.2) is 16.3 Å². The molecule has 1 N–H and O–H groups in total. The zero-order chi connectivity index (χ0) is 15.5. The molecule has 2 aromatic rings. The molecule has 0 saturated heterocycles. The van der Waals surface area contributed by atoms with Gasteiger partial charge in [0, 0.05) is 24.4 Å². The minimum absolute atomic E-state index is 0.0304.